The molecular weight excluding hydrogens is 330 g/mol. The quantitative estimate of drug-likeness (QED) is 0.808. The van der Waals surface area contributed by atoms with Gasteiger partial charge in [0.1, 0.15) is 5.75 Å². The van der Waals surface area contributed by atoms with Crippen LogP contribution in [-0.2, 0) is 0 Å². The summed E-state index contributed by atoms with van der Waals surface area (Å²) in [5, 5.41) is 11.7. The average Bonchev–Trinajstić information content (AvgIpc) is 2.55. The number of amides is 1. The first-order chi connectivity index (χ1) is 11.4. The van der Waals surface area contributed by atoms with Gasteiger partial charge in [0.15, 0.2) is 0 Å². The lowest BCUT2D eigenvalue weighted by molar-refractivity contribution is 0.0697. The van der Waals surface area contributed by atoms with E-state index < -0.39 is 5.97 Å². The van der Waals surface area contributed by atoms with Crippen molar-refractivity contribution in [1.29, 1.82) is 0 Å². The maximum atomic E-state index is 12.2. The predicted octanol–water partition coefficient (Wildman–Crippen LogP) is 4.47. The van der Waals surface area contributed by atoms with E-state index in [0.717, 1.165) is 6.42 Å². The Hall–Kier alpha value is -2.53. The fourth-order valence-electron chi connectivity index (χ4n) is 1.97. The maximum absolute atomic E-state index is 12.2. The Morgan fingerprint density at radius 2 is 1.88 bits per heavy atom. The number of hydrogen-bond donors (Lipinski definition) is 2. The van der Waals surface area contributed by atoms with Gasteiger partial charge in [-0.25, -0.2) is 4.79 Å². The number of ether oxygens (including phenoxy) is 1. The van der Waals surface area contributed by atoms with Gasteiger partial charge in [0, 0.05) is 11.3 Å². The normalized spacial score (nSPS) is 11.6. The van der Waals surface area contributed by atoms with Gasteiger partial charge in [-0.3, -0.25) is 4.79 Å². The van der Waals surface area contributed by atoms with Crippen LogP contribution < -0.4 is 10.1 Å². The minimum Gasteiger partial charge on any atom is -0.491 e. The maximum Gasteiger partial charge on any atom is 0.337 e. The summed E-state index contributed by atoms with van der Waals surface area (Å²) in [7, 11) is 0. The molecule has 0 radical (unpaired) electrons. The Morgan fingerprint density at radius 1 is 1.21 bits per heavy atom. The predicted molar refractivity (Wildman–Crippen MR) is 93.2 cm³/mol. The van der Waals surface area contributed by atoms with Crippen molar-refractivity contribution in [3.8, 4) is 5.75 Å². The van der Waals surface area contributed by atoms with Crippen LogP contribution in [0.5, 0.6) is 5.75 Å². The largest absolute Gasteiger partial charge is 0.491 e. The third kappa shape index (κ3) is 4.49. The van der Waals surface area contributed by atoms with Gasteiger partial charge in [-0.1, -0.05) is 18.5 Å². The molecule has 0 aliphatic rings. The van der Waals surface area contributed by atoms with Crippen LogP contribution in [0.25, 0.3) is 0 Å². The van der Waals surface area contributed by atoms with Crippen molar-refractivity contribution in [2.45, 2.75) is 26.4 Å². The van der Waals surface area contributed by atoms with E-state index in [0.29, 0.717) is 17.0 Å². The summed E-state index contributed by atoms with van der Waals surface area (Å²) in [6.45, 7) is 4.01. The van der Waals surface area contributed by atoms with Gasteiger partial charge in [-0.2, -0.15) is 0 Å². The van der Waals surface area contributed by atoms with Crippen LogP contribution in [0.2, 0.25) is 5.02 Å². The Morgan fingerprint density at radius 3 is 2.42 bits per heavy atom. The Balaban J connectivity index is 2.07. The molecule has 0 unspecified atom stereocenters. The number of carbonyl (C=O) groups excluding carboxylic acids is 1. The summed E-state index contributed by atoms with van der Waals surface area (Å²) in [6.07, 6.45) is 1.01. The standard InChI is InChI=1S/C18H18ClNO4/c1-3-11(2)24-14-7-4-12(5-8-14)17(21)20-13-6-9-15(18(22)23)16(19)10-13/h4-11H,3H2,1-2H3,(H,20,21)(H,22,23)/t11-/m0/s1. The first-order valence-corrected chi connectivity index (χ1v) is 7.89. The van der Waals surface area contributed by atoms with Crippen LogP contribution in [0.1, 0.15) is 41.0 Å². The van der Waals surface area contributed by atoms with Crippen LogP contribution in [0.3, 0.4) is 0 Å². The summed E-state index contributed by atoms with van der Waals surface area (Å²) in [4.78, 5) is 23.1. The molecule has 6 heteroatoms. The molecule has 2 rings (SSSR count). The first kappa shape index (κ1) is 17.8. The third-order valence-corrected chi connectivity index (χ3v) is 3.80. The number of benzene rings is 2. The molecule has 24 heavy (non-hydrogen) atoms. The summed E-state index contributed by atoms with van der Waals surface area (Å²) in [6, 6.07) is 11.1. The van der Waals surface area contributed by atoms with Crippen molar-refractivity contribution in [2.75, 3.05) is 5.32 Å². The van der Waals surface area contributed by atoms with E-state index in [2.05, 4.69) is 5.32 Å². The van der Waals surface area contributed by atoms with E-state index in [1.165, 1.54) is 18.2 Å². The van der Waals surface area contributed by atoms with Crippen molar-refractivity contribution in [1.82, 2.24) is 0 Å². The highest BCUT2D eigenvalue weighted by Crippen LogP contribution is 2.22. The van der Waals surface area contributed by atoms with E-state index in [-0.39, 0.29) is 22.6 Å². The molecule has 0 saturated heterocycles. The molecule has 0 fully saturated rings. The molecule has 2 N–H and O–H groups in total. The van der Waals surface area contributed by atoms with E-state index in [4.69, 9.17) is 21.4 Å². The van der Waals surface area contributed by atoms with E-state index in [9.17, 15) is 9.59 Å². The summed E-state index contributed by atoms with van der Waals surface area (Å²) >= 11 is 5.89. The topological polar surface area (TPSA) is 75.6 Å². The summed E-state index contributed by atoms with van der Waals surface area (Å²) in [5.41, 5.74) is 0.876. The number of rotatable bonds is 6. The van der Waals surface area contributed by atoms with Crippen molar-refractivity contribution in [2.24, 2.45) is 0 Å². The molecule has 0 aromatic heterocycles. The van der Waals surface area contributed by atoms with Gasteiger partial charge in [-0.15, -0.1) is 0 Å². The fraction of sp³-hybridized carbons (Fsp3) is 0.222. The number of aromatic carboxylic acids is 1. The second-order valence-corrected chi connectivity index (χ2v) is 5.72. The molecule has 0 bridgehead atoms. The Kier molecular flexibility index (Phi) is 5.82. The summed E-state index contributed by atoms with van der Waals surface area (Å²) < 4.78 is 5.66. The molecule has 0 aliphatic heterocycles. The zero-order valence-corrected chi connectivity index (χ0v) is 14.1. The smallest absolute Gasteiger partial charge is 0.337 e. The van der Waals surface area contributed by atoms with Gasteiger partial charge < -0.3 is 15.2 Å². The second-order valence-electron chi connectivity index (χ2n) is 5.31. The highest BCUT2D eigenvalue weighted by atomic mass is 35.5. The average molecular weight is 348 g/mol. The van der Waals surface area contributed by atoms with Crippen LogP contribution >= 0.6 is 11.6 Å². The molecule has 2 aromatic carbocycles. The number of nitrogens with one attached hydrogen (secondary N) is 1. The van der Waals surface area contributed by atoms with Gasteiger partial charge in [-0.05, 0) is 55.8 Å². The lowest BCUT2D eigenvalue weighted by Crippen LogP contribution is -2.13. The molecule has 1 amide bonds. The Bertz CT molecular complexity index is 743. The molecule has 2 aromatic rings. The minimum atomic E-state index is -1.12. The number of carbonyl (C=O) groups is 2. The fourth-order valence-corrected chi connectivity index (χ4v) is 2.23. The van der Waals surface area contributed by atoms with E-state index >= 15 is 0 Å². The number of anilines is 1. The monoisotopic (exact) mass is 347 g/mol. The summed E-state index contributed by atoms with van der Waals surface area (Å²) in [5.74, 6) is -0.728. The van der Waals surface area contributed by atoms with Crippen molar-refractivity contribution in [3.63, 3.8) is 0 Å². The van der Waals surface area contributed by atoms with Crippen LogP contribution in [0, 0.1) is 0 Å². The highest BCUT2D eigenvalue weighted by Gasteiger charge is 2.11. The molecule has 0 spiro atoms. The number of carboxylic acid groups (broad SMARTS) is 1. The SMILES string of the molecule is CC[C@H](C)Oc1ccc(C(=O)Nc2ccc(C(=O)O)c(Cl)c2)cc1. The zero-order chi connectivity index (χ0) is 17.7. The lowest BCUT2D eigenvalue weighted by Gasteiger charge is -2.13. The molecule has 5 nitrogen and oxygen atoms in total. The molecule has 1 atom stereocenters. The zero-order valence-electron chi connectivity index (χ0n) is 13.4. The molecule has 0 aliphatic carbocycles. The molecular formula is C18H18ClNO4. The highest BCUT2D eigenvalue weighted by molar-refractivity contribution is 6.33. The molecule has 126 valence electrons. The third-order valence-electron chi connectivity index (χ3n) is 3.49. The van der Waals surface area contributed by atoms with E-state index in [1.807, 2.05) is 13.8 Å². The van der Waals surface area contributed by atoms with Crippen molar-refractivity contribution in [3.05, 3.63) is 58.6 Å². The second kappa shape index (κ2) is 7.84. The lowest BCUT2D eigenvalue weighted by atomic mass is 10.1. The van der Waals surface area contributed by atoms with Gasteiger partial charge in [0.2, 0.25) is 0 Å². The number of halogens is 1. The molecule has 0 heterocycles. The van der Waals surface area contributed by atoms with Crippen LogP contribution in [0.15, 0.2) is 42.5 Å². The number of carboxylic acids is 1. The van der Waals surface area contributed by atoms with Crippen LogP contribution in [-0.4, -0.2) is 23.1 Å². The van der Waals surface area contributed by atoms with Gasteiger partial charge >= 0.3 is 5.97 Å². The van der Waals surface area contributed by atoms with Crippen LogP contribution in [0.4, 0.5) is 5.69 Å². The van der Waals surface area contributed by atoms with Gasteiger partial charge in [0.05, 0.1) is 16.7 Å². The van der Waals surface area contributed by atoms with Gasteiger partial charge in [0.25, 0.3) is 5.91 Å². The number of hydrogen-bond acceptors (Lipinski definition) is 3. The van der Waals surface area contributed by atoms with E-state index in [1.54, 1.807) is 24.3 Å². The first-order valence-electron chi connectivity index (χ1n) is 7.51. The van der Waals surface area contributed by atoms with Crippen molar-refractivity contribution >= 4 is 29.2 Å². The Labute approximate surface area is 145 Å². The molecule has 0 saturated carbocycles. The van der Waals surface area contributed by atoms with Crippen molar-refractivity contribution < 1.29 is 19.4 Å². The minimum absolute atomic E-state index is 0.0128.